The van der Waals surface area contributed by atoms with E-state index in [9.17, 15) is 9.18 Å². The Morgan fingerprint density at radius 1 is 1.50 bits per heavy atom. The van der Waals surface area contributed by atoms with Crippen molar-refractivity contribution >= 4 is 5.91 Å². The molecule has 1 heterocycles. The fraction of sp³-hybridized carbons (Fsp3) is 0.417. The van der Waals surface area contributed by atoms with Gasteiger partial charge in [-0.2, -0.15) is 0 Å². The van der Waals surface area contributed by atoms with E-state index < -0.39 is 5.82 Å². The van der Waals surface area contributed by atoms with E-state index in [2.05, 4.69) is 0 Å². The first-order valence-corrected chi connectivity index (χ1v) is 5.34. The molecule has 0 N–H and O–H groups in total. The van der Waals surface area contributed by atoms with Crippen molar-refractivity contribution in [3.63, 3.8) is 0 Å². The van der Waals surface area contributed by atoms with Crippen LogP contribution in [-0.2, 0) is 4.74 Å². The van der Waals surface area contributed by atoms with Crippen molar-refractivity contribution < 1.29 is 13.9 Å². The average molecular weight is 223 g/mol. The molecule has 3 nitrogen and oxygen atoms in total. The number of benzene rings is 1. The second-order valence-corrected chi connectivity index (χ2v) is 3.91. The van der Waals surface area contributed by atoms with Gasteiger partial charge in [0.05, 0.1) is 18.3 Å². The molecule has 1 aliphatic rings. The molecule has 1 aliphatic heterocycles. The van der Waals surface area contributed by atoms with E-state index in [1.807, 2.05) is 6.92 Å². The minimum absolute atomic E-state index is 0.0180. The Balaban J connectivity index is 2.16. The molecule has 0 aliphatic carbocycles. The molecule has 1 aromatic rings. The third-order valence-electron chi connectivity index (χ3n) is 2.63. The number of morpholine rings is 1. The SMILES string of the molecule is C[C@H]1CN(C(=O)c2ccccc2F)CCO1. The number of amides is 1. The lowest BCUT2D eigenvalue weighted by Crippen LogP contribution is -2.44. The Kier molecular flexibility index (Phi) is 3.19. The largest absolute Gasteiger partial charge is 0.375 e. The zero-order chi connectivity index (χ0) is 11.5. The van der Waals surface area contributed by atoms with E-state index in [4.69, 9.17) is 4.74 Å². The van der Waals surface area contributed by atoms with Crippen LogP contribution >= 0.6 is 0 Å². The molecule has 1 aromatic carbocycles. The molecule has 0 aromatic heterocycles. The third kappa shape index (κ3) is 2.22. The standard InChI is InChI=1S/C12H14FNO2/c1-9-8-14(6-7-16-9)12(15)10-4-2-3-5-11(10)13/h2-5,9H,6-8H2,1H3/t9-/m0/s1. The predicted octanol–water partition coefficient (Wildman–Crippen LogP) is 1.69. The molecule has 1 atom stereocenters. The van der Waals surface area contributed by atoms with Crippen LogP contribution in [0.5, 0.6) is 0 Å². The van der Waals surface area contributed by atoms with E-state index >= 15 is 0 Å². The van der Waals surface area contributed by atoms with Gasteiger partial charge in [-0.15, -0.1) is 0 Å². The van der Waals surface area contributed by atoms with Crippen molar-refractivity contribution in [2.45, 2.75) is 13.0 Å². The number of hydrogen-bond acceptors (Lipinski definition) is 2. The summed E-state index contributed by atoms with van der Waals surface area (Å²) in [7, 11) is 0. The minimum Gasteiger partial charge on any atom is -0.375 e. The van der Waals surface area contributed by atoms with Crippen LogP contribution in [0, 0.1) is 5.82 Å². The van der Waals surface area contributed by atoms with Crippen molar-refractivity contribution in [3.05, 3.63) is 35.6 Å². The fourth-order valence-electron chi connectivity index (χ4n) is 1.81. The van der Waals surface area contributed by atoms with Gasteiger partial charge in [0.1, 0.15) is 5.82 Å². The van der Waals surface area contributed by atoms with Crippen LogP contribution in [0.4, 0.5) is 4.39 Å². The lowest BCUT2D eigenvalue weighted by atomic mass is 10.1. The molecule has 0 bridgehead atoms. The smallest absolute Gasteiger partial charge is 0.256 e. The summed E-state index contributed by atoms with van der Waals surface area (Å²) in [6, 6.07) is 6.06. The molecule has 4 heteroatoms. The highest BCUT2D eigenvalue weighted by atomic mass is 19.1. The Labute approximate surface area is 93.8 Å². The van der Waals surface area contributed by atoms with Crippen LogP contribution < -0.4 is 0 Å². The first kappa shape index (κ1) is 11.1. The highest BCUT2D eigenvalue weighted by Crippen LogP contribution is 2.13. The van der Waals surface area contributed by atoms with Gasteiger partial charge in [-0.3, -0.25) is 4.79 Å². The van der Waals surface area contributed by atoms with Crippen LogP contribution in [0.15, 0.2) is 24.3 Å². The van der Waals surface area contributed by atoms with Gasteiger partial charge in [0.2, 0.25) is 0 Å². The van der Waals surface area contributed by atoms with E-state index in [-0.39, 0.29) is 17.6 Å². The van der Waals surface area contributed by atoms with Gasteiger partial charge in [-0.1, -0.05) is 12.1 Å². The molecule has 0 radical (unpaired) electrons. The summed E-state index contributed by atoms with van der Waals surface area (Å²) in [6.45, 7) is 3.47. The van der Waals surface area contributed by atoms with Crippen LogP contribution in [-0.4, -0.2) is 36.6 Å². The number of ether oxygens (including phenoxy) is 1. The zero-order valence-electron chi connectivity index (χ0n) is 9.15. The molecule has 0 unspecified atom stereocenters. The van der Waals surface area contributed by atoms with E-state index in [0.717, 1.165) is 0 Å². The lowest BCUT2D eigenvalue weighted by molar-refractivity contribution is -0.0125. The van der Waals surface area contributed by atoms with Gasteiger partial charge in [-0.05, 0) is 19.1 Å². The Morgan fingerprint density at radius 2 is 2.25 bits per heavy atom. The molecular formula is C12H14FNO2. The van der Waals surface area contributed by atoms with Gasteiger partial charge in [0, 0.05) is 13.1 Å². The van der Waals surface area contributed by atoms with Crippen molar-refractivity contribution in [2.75, 3.05) is 19.7 Å². The number of halogens is 1. The van der Waals surface area contributed by atoms with Crippen molar-refractivity contribution in [2.24, 2.45) is 0 Å². The second-order valence-electron chi connectivity index (χ2n) is 3.91. The number of rotatable bonds is 1. The van der Waals surface area contributed by atoms with E-state index in [1.54, 1.807) is 17.0 Å². The minimum atomic E-state index is -0.466. The van der Waals surface area contributed by atoms with Crippen LogP contribution in [0.2, 0.25) is 0 Å². The molecule has 1 fully saturated rings. The maximum atomic E-state index is 13.4. The summed E-state index contributed by atoms with van der Waals surface area (Å²) >= 11 is 0. The number of carbonyl (C=O) groups is 1. The van der Waals surface area contributed by atoms with E-state index in [0.29, 0.717) is 19.7 Å². The quantitative estimate of drug-likeness (QED) is 0.725. The van der Waals surface area contributed by atoms with Crippen LogP contribution in [0.3, 0.4) is 0 Å². The number of nitrogens with zero attached hydrogens (tertiary/aromatic N) is 1. The Morgan fingerprint density at radius 3 is 2.94 bits per heavy atom. The number of carbonyl (C=O) groups excluding carboxylic acids is 1. The second kappa shape index (κ2) is 4.61. The van der Waals surface area contributed by atoms with Crippen molar-refractivity contribution in [3.8, 4) is 0 Å². The van der Waals surface area contributed by atoms with Crippen molar-refractivity contribution in [1.82, 2.24) is 4.90 Å². The van der Waals surface area contributed by atoms with Crippen LogP contribution in [0.1, 0.15) is 17.3 Å². The maximum Gasteiger partial charge on any atom is 0.256 e. The summed E-state index contributed by atoms with van der Waals surface area (Å²) in [5.74, 6) is -0.722. The topological polar surface area (TPSA) is 29.5 Å². The highest BCUT2D eigenvalue weighted by molar-refractivity contribution is 5.94. The highest BCUT2D eigenvalue weighted by Gasteiger charge is 2.23. The number of hydrogen-bond donors (Lipinski definition) is 0. The first-order chi connectivity index (χ1) is 7.68. The van der Waals surface area contributed by atoms with Gasteiger partial charge in [0.15, 0.2) is 0 Å². The Bertz CT molecular complexity index is 394. The molecule has 86 valence electrons. The van der Waals surface area contributed by atoms with Gasteiger partial charge < -0.3 is 9.64 Å². The molecular weight excluding hydrogens is 209 g/mol. The molecule has 2 rings (SSSR count). The van der Waals surface area contributed by atoms with Gasteiger partial charge in [0.25, 0.3) is 5.91 Å². The van der Waals surface area contributed by atoms with E-state index in [1.165, 1.54) is 12.1 Å². The first-order valence-electron chi connectivity index (χ1n) is 5.34. The summed E-state index contributed by atoms with van der Waals surface area (Å²) in [5, 5.41) is 0. The van der Waals surface area contributed by atoms with Crippen molar-refractivity contribution in [1.29, 1.82) is 0 Å². The summed E-state index contributed by atoms with van der Waals surface area (Å²) in [6.07, 6.45) is 0.0180. The predicted molar refractivity (Wildman–Crippen MR) is 57.7 cm³/mol. The average Bonchev–Trinajstić information content (AvgIpc) is 2.29. The van der Waals surface area contributed by atoms with Gasteiger partial charge >= 0.3 is 0 Å². The monoisotopic (exact) mass is 223 g/mol. The van der Waals surface area contributed by atoms with Gasteiger partial charge in [-0.25, -0.2) is 4.39 Å². The van der Waals surface area contributed by atoms with Crippen LogP contribution in [0.25, 0.3) is 0 Å². The lowest BCUT2D eigenvalue weighted by Gasteiger charge is -2.31. The Hall–Kier alpha value is -1.42. The third-order valence-corrected chi connectivity index (χ3v) is 2.63. The molecule has 0 saturated carbocycles. The maximum absolute atomic E-state index is 13.4. The summed E-state index contributed by atoms with van der Waals surface area (Å²) in [5.41, 5.74) is 0.136. The molecule has 0 spiro atoms. The fourth-order valence-corrected chi connectivity index (χ4v) is 1.81. The molecule has 16 heavy (non-hydrogen) atoms. The summed E-state index contributed by atoms with van der Waals surface area (Å²) < 4.78 is 18.8. The molecule has 1 saturated heterocycles. The normalized spacial score (nSPS) is 20.9. The molecule has 1 amide bonds. The zero-order valence-corrected chi connectivity index (χ0v) is 9.15. The summed E-state index contributed by atoms with van der Waals surface area (Å²) in [4.78, 5) is 13.6.